The Morgan fingerprint density at radius 2 is 1.94 bits per heavy atom. The largest absolute Gasteiger partial charge is 0.399 e. The molecule has 2 aromatic rings. The number of carbonyl (C=O) groups is 1. The zero-order chi connectivity index (χ0) is 12.3. The number of thiophene rings is 1. The van der Waals surface area contributed by atoms with Gasteiger partial charge in [-0.15, -0.1) is 11.3 Å². The van der Waals surface area contributed by atoms with E-state index in [1.54, 1.807) is 29.5 Å². The zero-order valence-corrected chi connectivity index (χ0v) is 9.96. The maximum absolute atomic E-state index is 11.8. The quantitative estimate of drug-likeness (QED) is 0.724. The van der Waals surface area contributed by atoms with Crippen molar-refractivity contribution in [2.75, 3.05) is 11.5 Å². The van der Waals surface area contributed by atoms with E-state index in [0.29, 0.717) is 23.5 Å². The van der Waals surface area contributed by atoms with E-state index in [9.17, 15) is 4.79 Å². The normalized spacial score (nSPS) is 10.1. The van der Waals surface area contributed by atoms with Crippen molar-refractivity contribution in [3.05, 3.63) is 46.2 Å². The van der Waals surface area contributed by atoms with Crippen LogP contribution in [0.4, 0.5) is 11.4 Å². The summed E-state index contributed by atoms with van der Waals surface area (Å²) in [5.74, 6) is -0.169. The fourth-order valence-corrected chi connectivity index (χ4v) is 2.13. The molecule has 1 aromatic carbocycles. The molecule has 0 saturated carbocycles. The Morgan fingerprint density at radius 1 is 1.24 bits per heavy atom. The van der Waals surface area contributed by atoms with Crippen LogP contribution in [-0.4, -0.2) is 5.91 Å². The number of rotatable bonds is 3. The van der Waals surface area contributed by atoms with Gasteiger partial charge >= 0.3 is 0 Å². The summed E-state index contributed by atoms with van der Waals surface area (Å²) in [4.78, 5) is 12.9. The van der Waals surface area contributed by atoms with Crippen LogP contribution in [0.1, 0.15) is 15.2 Å². The van der Waals surface area contributed by atoms with Crippen LogP contribution in [0.25, 0.3) is 0 Å². The van der Waals surface area contributed by atoms with Gasteiger partial charge in [0.25, 0.3) is 5.91 Å². The maximum atomic E-state index is 11.8. The lowest BCUT2D eigenvalue weighted by atomic mass is 10.1. The van der Waals surface area contributed by atoms with Gasteiger partial charge in [0, 0.05) is 21.8 Å². The first-order valence-corrected chi connectivity index (χ1v) is 6.00. The number of nitrogens with one attached hydrogen (secondary N) is 1. The van der Waals surface area contributed by atoms with E-state index in [1.165, 1.54) is 0 Å². The standard InChI is InChI=1S/C12H13N3OS/c13-9-4-8(5-10(14)6-9)12(16)15-7-11-2-1-3-17-11/h1-6H,7,13-14H2,(H,15,16). The molecule has 1 heterocycles. The molecule has 0 unspecified atom stereocenters. The van der Waals surface area contributed by atoms with Crippen molar-refractivity contribution in [1.29, 1.82) is 0 Å². The Labute approximate surface area is 103 Å². The topological polar surface area (TPSA) is 81.1 Å². The number of benzene rings is 1. The highest BCUT2D eigenvalue weighted by Gasteiger charge is 2.07. The molecule has 1 aromatic heterocycles. The van der Waals surface area contributed by atoms with E-state index in [2.05, 4.69) is 5.32 Å². The van der Waals surface area contributed by atoms with Crippen LogP contribution in [0.2, 0.25) is 0 Å². The van der Waals surface area contributed by atoms with Gasteiger partial charge in [-0.1, -0.05) is 6.07 Å². The molecule has 5 heteroatoms. The number of amides is 1. The first-order chi connectivity index (χ1) is 8.15. The van der Waals surface area contributed by atoms with Crippen molar-refractivity contribution in [2.45, 2.75) is 6.54 Å². The minimum Gasteiger partial charge on any atom is -0.399 e. The summed E-state index contributed by atoms with van der Waals surface area (Å²) in [6, 6.07) is 8.76. The Morgan fingerprint density at radius 3 is 2.53 bits per heavy atom. The third-order valence-electron chi connectivity index (χ3n) is 2.24. The molecule has 0 bridgehead atoms. The van der Waals surface area contributed by atoms with Crippen molar-refractivity contribution >= 4 is 28.6 Å². The molecule has 0 aliphatic heterocycles. The summed E-state index contributed by atoms with van der Waals surface area (Å²) < 4.78 is 0. The third-order valence-corrected chi connectivity index (χ3v) is 3.12. The van der Waals surface area contributed by atoms with E-state index in [1.807, 2.05) is 17.5 Å². The van der Waals surface area contributed by atoms with Crippen molar-refractivity contribution in [3.63, 3.8) is 0 Å². The van der Waals surface area contributed by atoms with Crippen LogP contribution in [0.15, 0.2) is 35.7 Å². The van der Waals surface area contributed by atoms with E-state index < -0.39 is 0 Å². The summed E-state index contributed by atoms with van der Waals surface area (Å²) in [5.41, 5.74) is 12.7. The summed E-state index contributed by atoms with van der Waals surface area (Å²) in [6.45, 7) is 0.519. The zero-order valence-electron chi connectivity index (χ0n) is 9.14. The van der Waals surface area contributed by atoms with E-state index in [4.69, 9.17) is 11.5 Å². The molecular formula is C12H13N3OS. The van der Waals surface area contributed by atoms with Crippen molar-refractivity contribution in [1.82, 2.24) is 5.32 Å². The predicted octanol–water partition coefficient (Wildman–Crippen LogP) is 1.84. The number of carbonyl (C=O) groups excluding carboxylic acids is 1. The molecule has 0 atom stereocenters. The Kier molecular flexibility index (Phi) is 3.30. The molecule has 1 amide bonds. The van der Waals surface area contributed by atoms with Gasteiger partial charge in [0.05, 0.1) is 6.54 Å². The summed E-state index contributed by atoms with van der Waals surface area (Å²) in [5, 5.41) is 4.79. The molecule has 17 heavy (non-hydrogen) atoms. The molecule has 5 N–H and O–H groups in total. The van der Waals surface area contributed by atoms with Gasteiger partial charge in [-0.3, -0.25) is 4.79 Å². The predicted molar refractivity (Wildman–Crippen MR) is 70.8 cm³/mol. The highest BCUT2D eigenvalue weighted by Crippen LogP contribution is 2.14. The van der Waals surface area contributed by atoms with Gasteiger partial charge in [-0.25, -0.2) is 0 Å². The summed E-state index contributed by atoms with van der Waals surface area (Å²) in [7, 11) is 0. The average molecular weight is 247 g/mol. The highest BCUT2D eigenvalue weighted by molar-refractivity contribution is 7.09. The van der Waals surface area contributed by atoms with Crippen molar-refractivity contribution in [2.24, 2.45) is 0 Å². The number of anilines is 2. The van der Waals surface area contributed by atoms with Crippen LogP contribution in [0.5, 0.6) is 0 Å². The smallest absolute Gasteiger partial charge is 0.251 e. The minimum atomic E-state index is -0.169. The molecule has 4 nitrogen and oxygen atoms in total. The summed E-state index contributed by atoms with van der Waals surface area (Å²) in [6.07, 6.45) is 0. The second kappa shape index (κ2) is 4.88. The van der Waals surface area contributed by atoms with Crippen molar-refractivity contribution in [3.8, 4) is 0 Å². The van der Waals surface area contributed by atoms with Gasteiger partial charge in [-0.2, -0.15) is 0 Å². The molecule has 0 fully saturated rings. The molecule has 0 aliphatic carbocycles. The summed E-state index contributed by atoms with van der Waals surface area (Å²) >= 11 is 1.60. The molecule has 2 rings (SSSR count). The van der Waals surface area contributed by atoms with Crippen LogP contribution in [0, 0.1) is 0 Å². The third kappa shape index (κ3) is 2.98. The molecule has 0 saturated heterocycles. The first-order valence-electron chi connectivity index (χ1n) is 5.12. The number of hydrogen-bond acceptors (Lipinski definition) is 4. The molecular weight excluding hydrogens is 234 g/mol. The fourth-order valence-electron chi connectivity index (χ4n) is 1.49. The minimum absolute atomic E-state index is 0.169. The lowest BCUT2D eigenvalue weighted by Crippen LogP contribution is -2.22. The van der Waals surface area contributed by atoms with E-state index >= 15 is 0 Å². The molecule has 88 valence electrons. The van der Waals surface area contributed by atoms with Crippen LogP contribution in [0.3, 0.4) is 0 Å². The maximum Gasteiger partial charge on any atom is 0.251 e. The molecule has 0 spiro atoms. The second-order valence-electron chi connectivity index (χ2n) is 3.65. The lowest BCUT2D eigenvalue weighted by molar-refractivity contribution is 0.0951. The average Bonchev–Trinajstić information content (AvgIpc) is 2.77. The Bertz CT molecular complexity index is 502. The van der Waals surface area contributed by atoms with Gasteiger partial charge in [0.15, 0.2) is 0 Å². The molecule has 0 radical (unpaired) electrons. The first kappa shape index (κ1) is 11.5. The van der Waals surface area contributed by atoms with Crippen LogP contribution < -0.4 is 16.8 Å². The second-order valence-corrected chi connectivity index (χ2v) is 4.68. The number of nitrogens with two attached hydrogens (primary N) is 2. The van der Waals surface area contributed by atoms with Gasteiger partial charge in [0.1, 0.15) is 0 Å². The lowest BCUT2D eigenvalue weighted by Gasteiger charge is -2.05. The monoisotopic (exact) mass is 247 g/mol. The van der Waals surface area contributed by atoms with Gasteiger partial charge in [-0.05, 0) is 29.6 Å². The van der Waals surface area contributed by atoms with Crippen molar-refractivity contribution < 1.29 is 4.79 Å². The van der Waals surface area contributed by atoms with E-state index in [0.717, 1.165) is 4.88 Å². The van der Waals surface area contributed by atoms with Crippen LogP contribution >= 0.6 is 11.3 Å². The number of hydrogen-bond donors (Lipinski definition) is 3. The van der Waals surface area contributed by atoms with E-state index in [-0.39, 0.29) is 5.91 Å². The Hall–Kier alpha value is -2.01. The fraction of sp³-hybridized carbons (Fsp3) is 0.0833. The molecule has 0 aliphatic rings. The Balaban J connectivity index is 2.04. The van der Waals surface area contributed by atoms with Gasteiger partial charge < -0.3 is 16.8 Å². The van der Waals surface area contributed by atoms with Crippen LogP contribution in [-0.2, 0) is 6.54 Å². The SMILES string of the molecule is Nc1cc(N)cc(C(=O)NCc2cccs2)c1. The van der Waals surface area contributed by atoms with Gasteiger partial charge in [0.2, 0.25) is 0 Å². The number of nitrogen functional groups attached to an aromatic ring is 2. The highest BCUT2D eigenvalue weighted by atomic mass is 32.1.